The van der Waals surface area contributed by atoms with Crippen molar-refractivity contribution in [2.75, 3.05) is 25.2 Å². The number of nitrogens with one attached hydrogen (secondary N) is 1. The summed E-state index contributed by atoms with van der Waals surface area (Å²) in [4.78, 5) is 31.6. The van der Waals surface area contributed by atoms with E-state index in [9.17, 15) is 9.59 Å². The van der Waals surface area contributed by atoms with Gasteiger partial charge in [-0.05, 0) is 37.5 Å². The van der Waals surface area contributed by atoms with E-state index in [0.29, 0.717) is 12.4 Å². The normalized spacial score (nSPS) is 10.8. The average Bonchev–Trinajstić information content (AvgIpc) is 3.21. The minimum absolute atomic E-state index is 0.0484. The number of nitrogens with zero attached hydrogens (tertiary/aromatic N) is 2. The number of thiazole rings is 1. The van der Waals surface area contributed by atoms with Crippen LogP contribution in [-0.2, 0) is 16.2 Å². The van der Waals surface area contributed by atoms with Gasteiger partial charge in [0, 0.05) is 29.0 Å². The largest absolute Gasteiger partial charge is 0.487 e. The second kappa shape index (κ2) is 11.5. The van der Waals surface area contributed by atoms with Crippen molar-refractivity contribution in [2.45, 2.75) is 18.4 Å². The number of aryl methyl sites for hydroxylation is 1. The summed E-state index contributed by atoms with van der Waals surface area (Å²) in [6, 6.07) is 15.0. The van der Waals surface area contributed by atoms with Crippen molar-refractivity contribution in [3.05, 3.63) is 76.3 Å². The summed E-state index contributed by atoms with van der Waals surface area (Å²) in [5.74, 6) is 0.137. The lowest BCUT2D eigenvalue weighted by Crippen LogP contribution is -2.33. The van der Waals surface area contributed by atoms with E-state index in [4.69, 9.17) is 4.74 Å². The maximum absolute atomic E-state index is 12.5. The van der Waals surface area contributed by atoms with Gasteiger partial charge in [0.15, 0.2) is 0 Å². The molecule has 0 saturated heterocycles. The number of carbonyl (C=O) groups excluding carboxylic acids is 2. The van der Waals surface area contributed by atoms with Crippen LogP contribution in [0.2, 0.25) is 0 Å². The van der Waals surface area contributed by atoms with Crippen LogP contribution in [0, 0.1) is 6.92 Å². The van der Waals surface area contributed by atoms with Gasteiger partial charge >= 0.3 is 0 Å². The van der Waals surface area contributed by atoms with E-state index < -0.39 is 0 Å². The lowest BCUT2D eigenvalue weighted by molar-refractivity contribution is -0.129. The molecule has 1 heterocycles. The van der Waals surface area contributed by atoms with Crippen molar-refractivity contribution in [2.24, 2.45) is 0 Å². The second-order valence-electron chi connectivity index (χ2n) is 6.96. The van der Waals surface area contributed by atoms with Gasteiger partial charge in [0.25, 0.3) is 0 Å². The van der Waals surface area contributed by atoms with E-state index in [-0.39, 0.29) is 18.4 Å². The van der Waals surface area contributed by atoms with Crippen LogP contribution in [0.5, 0.6) is 5.75 Å². The van der Waals surface area contributed by atoms with Crippen LogP contribution in [0.25, 0.3) is 6.08 Å². The molecule has 8 heteroatoms. The lowest BCUT2D eigenvalue weighted by Gasteiger charge is -2.16. The Hall–Kier alpha value is -3.10. The molecule has 0 radical (unpaired) electrons. The fraction of sp³-hybridized carbons (Fsp3) is 0.208. The Morgan fingerprint density at radius 3 is 2.69 bits per heavy atom. The molecule has 1 aromatic heterocycles. The topological polar surface area (TPSA) is 71.5 Å². The number of benzene rings is 2. The zero-order valence-corrected chi connectivity index (χ0v) is 19.8. The van der Waals surface area contributed by atoms with Crippen molar-refractivity contribution in [3.63, 3.8) is 0 Å². The van der Waals surface area contributed by atoms with Gasteiger partial charge < -0.3 is 15.0 Å². The molecule has 0 spiro atoms. The van der Waals surface area contributed by atoms with Gasteiger partial charge in [0.2, 0.25) is 11.8 Å². The van der Waals surface area contributed by atoms with Crippen LogP contribution < -0.4 is 10.1 Å². The first kappa shape index (κ1) is 23.6. The lowest BCUT2D eigenvalue weighted by atomic mass is 10.2. The summed E-state index contributed by atoms with van der Waals surface area (Å²) in [6.45, 7) is 2.27. The van der Waals surface area contributed by atoms with Gasteiger partial charge in [-0.15, -0.1) is 23.1 Å². The predicted molar refractivity (Wildman–Crippen MR) is 131 cm³/mol. The Kier molecular flexibility index (Phi) is 8.47. The molecule has 0 fully saturated rings. The molecular weight excluding hydrogens is 442 g/mol. The third-order valence-corrected chi connectivity index (χ3v) is 6.12. The van der Waals surface area contributed by atoms with Crippen LogP contribution >= 0.6 is 23.1 Å². The van der Waals surface area contributed by atoms with Crippen LogP contribution in [-0.4, -0.2) is 41.5 Å². The standard InChI is InChI=1S/C24H25N3O3S2/c1-17-25-19(16-32-17)15-30-21-10-6-4-8-18(21)12-13-24(29)27(2)14-23(28)26-20-9-5-7-11-22(20)31-3/h4-13,16H,14-15H2,1-3H3,(H,26,28)/b13-12+. The van der Waals surface area contributed by atoms with Gasteiger partial charge in [0.1, 0.15) is 12.4 Å². The van der Waals surface area contributed by atoms with Gasteiger partial charge in [-0.3, -0.25) is 9.59 Å². The first-order valence-electron chi connectivity index (χ1n) is 9.95. The van der Waals surface area contributed by atoms with E-state index in [1.807, 2.05) is 67.1 Å². The molecular formula is C24H25N3O3S2. The summed E-state index contributed by atoms with van der Waals surface area (Å²) in [5.41, 5.74) is 2.39. The monoisotopic (exact) mass is 467 g/mol. The quantitative estimate of drug-likeness (QED) is 0.359. The van der Waals surface area contributed by atoms with Crippen molar-refractivity contribution in [3.8, 4) is 5.75 Å². The van der Waals surface area contributed by atoms with Gasteiger partial charge in [-0.25, -0.2) is 4.98 Å². The average molecular weight is 468 g/mol. The number of para-hydroxylation sites is 2. The first-order chi connectivity index (χ1) is 15.5. The highest BCUT2D eigenvalue weighted by molar-refractivity contribution is 7.98. The Bertz CT molecular complexity index is 1110. The van der Waals surface area contributed by atoms with E-state index >= 15 is 0 Å². The van der Waals surface area contributed by atoms with Crippen molar-refractivity contribution < 1.29 is 14.3 Å². The van der Waals surface area contributed by atoms with Crippen molar-refractivity contribution in [1.29, 1.82) is 0 Å². The Labute approximate surface area is 196 Å². The number of thioether (sulfide) groups is 1. The van der Waals surface area contributed by atoms with Crippen molar-refractivity contribution >= 4 is 46.7 Å². The summed E-state index contributed by atoms with van der Waals surface area (Å²) in [7, 11) is 1.60. The zero-order valence-electron chi connectivity index (χ0n) is 18.2. The Balaban J connectivity index is 1.57. The van der Waals surface area contributed by atoms with Gasteiger partial charge in [0.05, 0.1) is 22.9 Å². The number of likely N-dealkylation sites (N-methyl/N-ethyl adjacent to an activating group) is 1. The van der Waals surface area contributed by atoms with Crippen molar-refractivity contribution in [1.82, 2.24) is 9.88 Å². The van der Waals surface area contributed by atoms with E-state index in [1.165, 1.54) is 11.0 Å². The number of aromatic nitrogens is 1. The fourth-order valence-corrected chi connectivity index (χ4v) is 4.05. The molecule has 0 saturated carbocycles. The predicted octanol–water partition coefficient (Wildman–Crippen LogP) is 4.86. The number of anilines is 1. The molecule has 0 aliphatic carbocycles. The highest BCUT2D eigenvalue weighted by atomic mass is 32.2. The molecule has 2 amide bonds. The smallest absolute Gasteiger partial charge is 0.246 e. The third-order valence-electron chi connectivity index (χ3n) is 4.50. The molecule has 3 rings (SSSR count). The highest BCUT2D eigenvalue weighted by Crippen LogP contribution is 2.24. The van der Waals surface area contributed by atoms with E-state index in [0.717, 1.165) is 26.8 Å². The molecule has 0 unspecified atom stereocenters. The number of carbonyl (C=O) groups is 2. The number of rotatable bonds is 9. The third kappa shape index (κ3) is 6.70. The van der Waals surface area contributed by atoms with Crippen LogP contribution in [0.4, 0.5) is 5.69 Å². The summed E-state index contributed by atoms with van der Waals surface area (Å²) < 4.78 is 5.88. The van der Waals surface area contributed by atoms with E-state index in [1.54, 1.807) is 36.2 Å². The molecule has 1 N–H and O–H groups in total. The SMILES string of the molecule is CSc1ccccc1NC(=O)CN(C)C(=O)/C=C/c1ccccc1OCc1csc(C)n1. The zero-order chi connectivity index (χ0) is 22.9. The highest BCUT2D eigenvalue weighted by Gasteiger charge is 2.12. The Morgan fingerprint density at radius 1 is 1.19 bits per heavy atom. The fourth-order valence-electron chi connectivity index (χ4n) is 2.90. The number of hydrogen-bond acceptors (Lipinski definition) is 6. The molecule has 0 aliphatic heterocycles. The van der Waals surface area contributed by atoms with E-state index in [2.05, 4.69) is 10.3 Å². The minimum atomic E-state index is -0.275. The second-order valence-corrected chi connectivity index (χ2v) is 8.87. The molecule has 3 aromatic rings. The Morgan fingerprint density at radius 2 is 1.94 bits per heavy atom. The summed E-state index contributed by atoms with van der Waals surface area (Å²) >= 11 is 3.13. The maximum atomic E-state index is 12.5. The number of hydrogen-bond donors (Lipinski definition) is 1. The molecule has 6 nitrogen and oxygen atoms in total. The van der Waals surface area contributed by atoms with Gasteiger partial charge in [-0.1, -0.05) is 30.3 Å². The molecule has 32 heavy (non-hydrogen) atoms. The molecule has 0 aliphatic rings. The minimum Gasteiger partial charge on any atom is -0.487 e. The van der Waals surface area contributed by atoms with Gasteiger partial charge in [-0.2, -0.15) is 0 Å². The van der Waals surface area contributed by atoms with Crippen LogP contribution in [0.1, 0.15) is 16.3 Å². The molecule has 0 bridgehead atoms. The summed E-state index contributed by atoms with van der Waals surface area (Å²) in [5, 5.41) is 5.82. The molecule has 2 aromatic carbocycles. The summed E-state index contributed by atoms with van der Waals surface area (Å²) in [6.07, 6.45) is 5.09. The maximum Gasteiger partial charge on any atom is 0.246 e. The molecule has 166 valence electrons. The molecule has 0 atom stereocenters. The number of ether oxygens (including phenoxy) is 1. The number of amides is 2. The first-order valence-corrected chi connectivity index (χ1v) is 12.1. The van der Waals surface area contributed by atoms with Crippen LogP contribution in [0.3, 0.4) is 0 Å². The van der Waals surface area contributed by atoms with Crippen LogP contribution in [0.15, 0.2) is 64.9 Å².